The number of amides is 2. The molecule has 8 atom stereocenters. The maximum Gasteiger partial charge on any atom is 0.226 e. The molecule has 0 spiro atoms. The van der Waals surface area contributed by atoms with E-state index in [0.29, 0.717) is 76.4 Å². The number of carbonyl (C=O) groups excluding carboxylic acids is 4. The van der Waals surface area contributed by atoms with Crippen molar-refractivity contribution in [3.8, 4) is 11.1 Å². The van der Waals surface area contributed by atoms with Gasteiger partial charge in [0.25, 0.3) is 0 Å². The van der Waals surface area contributed by atoms with Gasteiger partial charge in [-0.1, -0.05) is 83.8 Å². The van der Waals surface area contributed by atoms with Gasteiger partial charge in [-0.05, 0) is 130 Å². The molecule has 3 fully saturated rings. The summed E-state index contributed by atoms with van der Waals surface area (Å²) < 4.78 is 19.5. The highest BCUT2D eigenvalue weighted by atomic mass is 35.5. The number of Topliss-reactive ketones (excluding diaryl/α,β-unsaturated/α-hetero) is 1. The van der Waals surface area contributed by atoms with Crippen LogP contribution in [0.3, 0.4) is 0 Å². The molecular formula is C60H78ClN7O7S. The highest BCUT2D eigenvalue weighted by Gasteiger charge is 2.71. The fraction of sp³-hybridized carbons (Fsp3) is 0.633. The zero-order valence-electron chi connectivity index (χ0n) is 46.4. The van der Waals surface area contributed by atoms with Gasteiger partial charge >= 0.3 is 0 Å². The first-order valence-corrected chi connectivity index (χ1v) is 28.8. The number of hydrogen-bond acceptors (Lipinski definition) is 12. The number of ketones is 2. The van der Waals surface area contributed by atoms with Crippen LogP contribution in [0.2, 0.25) is 5.02 Å². The first kappa shape index (κ1) is 55.9. The van der Waals surface area contributed by atoms with E-state index < -0.39 is 22.3 Å². The number of aryl methyl sites for hydroxylation is 2. The van der Waals surface area contributed by atoms with E-state index in [2.05, 4.69) is 75.4 Å². The SMILES string of the molecule is Cc1sc2c(c1C)C(c1ccc(Cl)cc1)=N[C@@H](CC(=O)NCCCOCCOCCOCCCNC(=O)[C@]13CCC(C)(C)C[C@H]1[C@H]1C(=O)C=C4[C@@]5(C)C=C(C#N)C(=O)C(C)(C)[C@@H]5CC[C@@]4(C)[C@]1(C)CC3)c1nnc(C)n1-2. The zero-order chi connectivity index (χ0) is 54.6. The third-order valence-electron chi connectivity index (χ3n) is 19.3. The summed E-state index contributed by atoms with van der Waals surface area (Å²) in [6.07, 6.45) is 10.9. The number of halogens is 1. The van der Waals surface area contributed by atoms with Gasteiger partial charge in [-0.15, -0.1) is 21.5 Å². The summed E-state index contributed by atoms with van der Waals surface area (Å²) in [7, 11) is 0. The van der Waals surface area contributed by atoms with Crippen molar-refractivity contribution in [1.82, 2.24) is 25.4 Å². The van der Waals surface area contributed by atoms with Crippen LogP contribution in [0, 0.1) is 82.3 Å². The Bertz CT molecular complexity index is 2910. The molecule has 2 amide bonds. The average molecular weight is 1080 g/mol. The number of fused-ring (bicyclic) bond motifs is 10. The van der Waals surface area contributed by atoms with Gasteiger partial charge in [-0.25, -0.2) is 0 Å². The minimum Gasteiger partial charge on any atom is -0.379 e. The number of aromatic nitrogens is 3. The Morgan fingerprint density at radius 3 is 2.17 bits per heavy atom. The summed E-state index contributed by atoms with van der Waals surface area (Å²) in [5.41, 5.74) is 2.52. The van der Waals surface area contributed by atoms with Crippen molar-refractivity contribution in [2.75, 3.05) is 52.7 Å². The number of aliphatic imine (C=N–C) groups is 1. The lowest BCUT2D eigenvalue weighted by molar-refractivity contribution is -0.178. The number of nitriles is 1. The molecule has 76 heavy (non-hydrogen) atoms. The molecule has 0 bridgehead atoms. The molecule has 6 aliphatic rings. The molecule has 0 unspecified atom stereocenters. The minimum absolute atomic E-state index is 0.00172. The number of nitrogens with zero attached hydrogens (tertiary/aromatic N) is 5. The van der Waals surface area contributed by atoms with Crippen LogP contribution in [0.15, 0.2) is 52.6 Å². The number of carbonyl (C=O) groups is 4. The molecule has 1 aromatic carbocycles. The Balaban J connectivity index is 0.693. The molecule has 0 saturated heterocycles. The lowest BCUT2D eigenvalue weighted by atomic mass is 9.34. The van der Waals surface area contributed by atoms with Crippen molar-refractivity contribution in [3.05, 3.63) is 85.8 Å². The highest BCUT2D eigenvalue weighted by Crippen LogP contribution is 2.74. The Morgan fingerprint density at radius 1 is 0.855 bits per heavy atom. The van der Waals surface area contributed by atoms with Gasteiger partial charge < -0.3 is 24.8 Å². The molecule has 14 nitrogen and oxygen atoms in total. The van der Waals surface area contributed by atoms with Crippen molar-refractivity contribution >= 4 is 52.0 Å². The topological polar surface area (TPSA) is 187 Å². The first-order valence-electron chi connectivity index (χ1n) is 27.6. The third kappa shape index (κ3) is 9.79. The van der Waals surface area contributed by atoms with Crippen LogP contribution in [-0.4, -0.2) is 96.6 Å². The number of rotatable bonds is 18. The molecule has 9 rings (SSSR count). The van der Waals surface area contributed by atoms with Gasteiger partial charge in [0.1, 0.15) is 22.9 Å². The van der Waals surface area contributed by atoms with Gasteiger partial charge in [-0.3, -0.25) is 28.7 Å². The van der Waals surface area contributed by atoms with Crippen LogP contribution >= 0.6 is 22.9 Å². The molecule has 3 heterocycles. The number of allylic oxidation sites excluding steroid dienone is 4. The second-order valence-corrected chi connectivity index (χ2v) is 26.3. The van der Waals surface area contributed by atoms with E-state index >= 15 is 0 Å². The number of ether oxygens (including phenoxy) is 3. The van der Waals surface area contributed by atoms with Crippen LogP contribution in [-0.2, 0) is 33.4 Å². The smallest absolute Gasteiger partial charge is 0.226 e. The largest absolute Gasteiger partial charge is 0.379 e. The predicted molar refractivity (Wildman–Crippen MR) is 295 cm³/mol. The van der Waals surface area contributed by atoms with E-state index in [9.17, 15) is 24.4 Å². The molecule has 3 aromatic rings. The number of hydrogen-bond donors (Lipinski definition) is 2. The third-order valence-corrected chi connectivity index (χ3v) is 20.8. The number of benzene rings is 1. The van der Waals surface area contributed by atoms with Crippen LogP contribution < -0.4 is 10.6 Å². The molecule has 408 valence electrons. The van der Waals surface area contributed by atoms with Crippen molar-refractivity contribution < 1.29 is 33.4 Å². The highest BCUT2D eigenvalue weighted by molar-refractivity contribution is 7.15. The zero-order valence-corrected chi connectivity index (χ0v) is 48.0. The molecule has 2 aromatic heterocycles. The molecule has 0 radical (unpaired) electrons. The molecule has 16 heteroatoms. The molecule has 2 N–H and O–H groups in total. The number of thiophene rings is 1. The monoisotopic (exact) mass is 1080 g/mol. The van der Waals surface area contributed by atoms with Crippen molar-refractivity contribution in [2.24, 2.45) is 55.2 Å². The standard InChI is InChI=1S/C60H78ClN7O7S/c1-36-37(2)76-53-48(36)50(39-13-15-41(61)16-14-39)65-43(52-67-66-38(3)68(52)53)31-47(70)63-23-11-25-73-27-29-75-30-28-74-26-12-24-64-54(72)60-21-19-55(4,5)34-42(60)49-44(69)32-46-57(8)33-40(35-62)51(71)56(6,7)45(57)17-18-58(46,9)59(49,10)20-22-60/h13-16,32-33,42-43,45,49H,11-12,17-31,34H2,1-10H3,(H,63,70)(H,64,72)/t42-,43-,45-,49-,57-,58+,59+,60-/m0/s1. The lowest BCUT2D eigenvalue weighted by Crippen LogP contribution is -2.66. The Hall–Kier alpha value is -4.85. The lowest BCUT2D eigenvalue weighted by Gasteiger charge is -2.69. The van der Waals surface area contributed by atoms with E-state index in [1.807, 2.05) is 61.8 Å². The summed E-state index contributed by atoms with van der Waals surface area (Å²) in [6, 6.07) is 9.31. The van der Waals surface area contributed by atoms with Crippen molar-refractivity contribution in [1.29, 1.82) is 5.26 Å². The van der Waals surface area contributed by atoms with E-state index in [-0.39, 0.29) is 69.4 Å². The molecule has 3 saturated carbocycles. The van der Waals surface area contributed by atoms with E-state index in [1.165, 1.54) is 4.88 Å². The summed E-state index contributed by atoms with van der Waals surface area (Å²) in [6.45, 7) is 25.0. The van der Waals surface area contributed by atoms with Crippen LogP contribution in [0.1, 0.15) is 152 Å². The van der Waals surface area contributed by atoms with Crippen LogP contribution in [0.5, 0.6) is 0 Å². The fourth-order valence-corrected chi connectivity index (χ4v) is 16.2. The maximum atomic E-state index is 14.9. The van der Waals surface area contributed by atoms with Gasteiger partial charge in [0.15, 0.2) is 17.4 Å². The fourth-order valence-electron chi connectivity index (χ4n) is 14.9. The quantitative estimate of drug-likeness (QED) is 0.116. The second kappa shape index (κ2) is 21.4. The van der Waals surface area contributed by atoms with Gasteiger partial charge in [0, 0.05) is 64.1 Å². The van der Waals surface area contributed by atoms with Crippen LogP contribution in [0.25, 0.3) is 5.00 Å². The molecular weight excluding hydrogens is 998 g/mol. The maximum absolute atomic E-state index is 14.9. The minimum atomic E-state index is -0.716. The van der Waals surface area contributed by atoms with Gasteiger partial charge in [0.2, 0.25) is 11.8 Å². The second-order valence-electron chi connectivity index (χ2n) is 24.7. The van der Waals surface area contributed by atoms with E-state index in [1.54, 1.807) is 11.3 Å². The van der Waals surface area contributed by atoms with Gasteiger partial charge in [-0.2, -0.15) is 5.26 Å². The summed E-state index contributed by atoms with van der Waals surface area (Å²) in [5, 5.41) is 27.0. The van der Waals surface area contributed by atoms with Crippen molar-refractivity contribution in [2.45, 2.75) is 139 Å². The summed E-state index contributed by atoms with van der Waals surface area (Å²) in [4.78, 5) is 62.7. The Kier molecular flexibility index (Phi) is 15.7. The normalized spacial score (nSPS) is 29.9. The van der Waals surface area contributed by atoms with E-state index in [0.717, 1.165) is 83.7 Å². The summed E-state index contributed by atoms with van der Waals surface area (Å²) in [5.74, 6) is 0.920. The number of nitrogens with one attached hydrogen (secondary N) is 2. The Labute approximate surface area is 458 Å². The summed E-state index contributed by atoms with van der Waals surface area (Å²) >= 11 is 7.93. The van der Waals surface area contributed by atoms with Crippen LogP contribution in [0.4, 0.5) is 0 Å². The predicted octanol–water partition coefficient (Wildman–Crippen LogP) is 10.5. The average Bonchev–Trinajstić information content (AvgIpc) is 3.93. The van der Waals surface area contributed by atoms with Crippen molar-refractivity contribution in [3.63, 3.8) is 0 Å². The first-order chi connectivity index (χ1) is 36.0. The van der Waals surface area contributed by atoms with E-state index in [4.69, 9.17) is 30.8 Å². The molecule has 1 aliphatic heterocycles. The Morgan fingerprint density at radius 2 is 1.50 bits per heavy atom. The molecule has 5 aliphatic carbocycles. The van der Waals surface area contributed by atoms with Gasteiger partial charge in [0.05, 0.1) is 49.5 Å².